The van der Waals surface area contributed by atoms with Gasteiger partial charge in [0.2, 0.25) is 10.0 Å². The summed E-state index contributed by atoms with van der Waals surface area (Å²) in [4.78, 5) is 12.4. The molecule has 2 amide bonds. The summed E-state index contributed by atoms with van der Waals surface area (Å²) in [5, 5.41) is 5.67. The van der Waals surface area contributed by atoms with E-state index in [0.717, 1.165) is 16.7 Å². The molecule has 0 saturated heterocycles. The van der Waals surface area contributed by atoms with Gasteiger partial charge in [-0.15, -0.1) is 0 Å². The summed E-state index contributed by atoms with van der Waals surface area (Å²) in [6, 6.07) is 12.3. The molecule has 2 N–H and O–H groups in total. The zero-order valence-corrected chi connectivity index (χ0v) is 17.6. The summed E-state index contributed by atoms with van der Waals surface area (Å²) in [5.41, 5.74) is 3.35. The number of carbonyl (C=O) groups excluding carboxylic acids is 1. The van der Waals surface area contributed by atoms with E-state index in [0.29, 0.717) is 30.1 Å². The maximum absolute atomic E-state index is 13.0. The van der Waals surface area contributed by atoms with Gasteiger partial charge in [-0.25, -0.2) is 13.2 Å². The third kappa shape index (κ3) is 4.72. The second kappa shape index (κ2) is 7.56. The molecule has 0 radical (unpaired) electrons. The Morgan fingerprint density at radius 2 is 1.71 bits per heavy atom. The van der Waals surface area contributed by atoms with Crippen molar-refractivity contribution in [2.45, 2.75) is 51.1 Å². The van der Waals surface area contributed by atoms with Crippen LogP contribution in [0.5, 0.6) is 0 Å². The average molecular weight is 402 g/mol. The lowest BCUT2D eigenvalue weighted by atomic mass is 10.0. The number of nitrogens with one attached hydrogen (secondary N) is 2. The van der Waals surface area contributed by atoms with E-state index in [1.807, 2.05) is 45.9 Å². The minimum atomic E-state index is -3.55. The first kappa shape index (κ1) is 20.4. The van der Waals surface area contributed by atoms with E-state index in [4.69, 9.17) is 0 Å². The Kier molecular flexibility index (Phi) is 5.50. The first-order valence-electron chi connectivity index (χ1n) is 9.32. The highest BCUT2D eigenvalue weighted by Gasteiger charge is 2.28. The number of nitrogens with zero attached hydrogens (tertiary/aromatic N) is 1. The lowest BCUT2D eigenvalue weighted by Crippen LogP contribution is -2.43. The number of urea groups is 1. The van der Waals surface area contributed by atoms with E-state index >= 15 is 0 Å². The molecule has 1 heterocycles. The molecular weight excluding hydrogens is 374 g/mol. The number of anilines is 1. The molecule has 0 fully saturated rings. The topological polar surface area (TPSA) is 78.5 Å². The van der Waals surface area contributed by atoms with Crippen molar-refractivity contribution < 1.29 is 13.2 Å². The fraction of sp³-hybridized carbons (Fsp3) is 0.381. The van der Waals surface area contributed by atoms with Crippen molar-refractivity contribution in [3.05, 3.63) is 59.2 Å². The number of rotatable bonds is 3. The fourth-order valence-electron chi connectivity index (χ4n) is 3.18. The van der Waals surface area contributed by atoms with Crippen molar-refractivity contribution in [1.82, 2.24) is 9.62 Å². The van der Waals surface area contributed by atoms with Gasteiger partial charge in [-0.1, -0.05) is 23.8 Å². The van der Waals surface area contributed by atoms with Gasteiger partial charge in [0.05, 0.1) is 4.90 Å². The molecule has 6 nitrogen and oxygen atoms in total. The molecule has 0 unspecified atom stereocenters. The van der Waals surface area contributed by atoms with Gasteiger partial charge >= 0.3 is 6.03 Å². The van der Waals surface area contributed by atoms with Crippen molar-refractivity contribution in [2.75, 3.05) is 11.9 Å². The second-order valence-corrected chi connectivity index (χ2v) is 10.2. The predicted molar refractivity (Wildman–Crippen MR) is 111 cm³/mol. The molecule has 0 spiro atoms. The minimum Gasteiger partial charge on any atom is -0.333 e. The fourth-order valence-corrected chi connectivity index (χ4v) is 4.60. The van der Waals surface area contributed by atoms with Crippen molar-refractivity contribution in [3.63, 3.8) is 0 Å². The predicted octanol–water partition coefficient (Wildman–Crippen LogP) is 3.66. The smallest absolute Gasteiger partial charge is 0.319 e. The summed E-state index contributed by atoms with van der Waals surface area (Å²) < 4.78 is 27.4. The zero-order chi connectivity index (χ0) is 20.5. The minimum absolute atomic E-state index is 0.285. The van der Waals surface area contributed by atoms with Crippen LogP contribution < -0.4 is 10.6 Å². The van der Waals surface area contributed by atoms with Crippen molar-refractivity contribution in [1.29, 1.82) is 0 Å². The molecule has 2 aromatic rings. The first-order valence-corrected chi connectivity index (χ1v) is 10.8. The maximum atomic E-state index is 13.0. The molecule has 0 aromatic heterocycles. The number of aryl methyl sites for hydroxylation is 1. The van der Waals surface area contributed by atoms with Gasteiger partial charge in [-0.05, 0) is 69.5 Å². The molecule has 0 aliphatic carbocycles. The van der Waals surface area contributed by atoms with Crippen LogP contribution in [0.2, 0.25) is 0 Å². The number of benzene rings is 2. The van der Waals surface area contributed by atoms with Gasteiger partial charge < -0.3 is 10.6 Å². The first-order chi connectivity index (χ1) is 13.0. The maximum Gasteiger partial charge on any atom is 0.319 e. The van der Waals surface area contributed by atoms with E-state index in [1.54, 1.807) is 24.3 Å². The summed E-state index contributed by atoms with van der Waals surface area (Å²) in [6.07, 6.45) is 0.648. The molecular formula is C21H27N3O3S. The number of sulfonamides is 1. The van der Waals surface area contributed by atoms with Crippen LogP contribution in [-0.2, 0) is 23.0 Å². The molecule has 3 rings (SSSR count). The normalized spacial score (nSPS) is 15.0. The lowest BCUT2D eigenvalue weighted by molar-refractivity contribution is 0.244. The highest BCUT2D eigenvalue weighted by Crippen LogP contribution is 2.27. The molecule has 0 atom stereocenters. The van der Waals surface area contributed by atoms with Crippen LogP contribution in [0, 0.1) is 6.92 Å². The largest absolute Gasteiger partial charge is 0.333 e. The van der Waals surface area contributed by atoms with Crippen molar-refractivity contribution in [2.24, 2.45) is 0 Å². The summed E-state index contributed by atoms with van der Waals surface area (Å²) in [6.45, 7) is 8.40. The third-order valence-electron chi connectivity index (χ3n) is 4.59. The summed E-state index contributed by atoms with van der Waals surface area (Å²) in [7, 11) is -3.55. The quantitative estimate of drug-likeness (QED) is 0.824. The average Bonchev–Trinajstić information content (AvgIpc) is 2.59. The molecule has 28 heavy (non-hydrogen) atoms. The molecule has 2 aromatic carbocycles. The van der Waals surface area contributed by atoms with Crippen molar-refractivity contribution in [3.8, 4) is 0 Å². The lowest BCUT2D eigenvalue weighted by Gasteiger charge is -2.28. The van der Waals surface area contributed by atoms with Crippen LogP contribution in [0.15, 0.2) is 47.4 Å². The number of fused-ring (bicyclic) bond motifs is 1. The molecule has 0 bridgehead atoms. The van der Waals surface area contributed by atoms with E-state index < -0.39 is 10.0 Å². The van der Waals surface area contributed by atoms with Gasteiger partial charge in [0, 0.05) is 24.3 Å². The monoisotopic (exact) mass is 401 g/mol. The Balaban J connectivity index is 1.78. The highest BCUT2D eigenvalue weighted by molar-refractivity contribution is 7.89. The molecule has 7 heteroatoms. The molecule has 1 aliphatic heterocycles. The number of carbonyl (C=O) groups is 1. The van der Waals surface area contributed by atoms with Crippen molar-refractivity contribution >= 4 is 21.7 Å². The van der Waals surface area contributed by atoms with Gasteiger partial charge in [-0.3, -0.25) is 0 Å². The Labute approximate surface area is 167 Å². The number of hydrogen-bond donors (Lipinski definition) is 2. The van der Waals surface area contributed by atoms with Crippen LogP contribution in [0.4, 0.5) is 10.5 Å². The Morgan fingerprint density at radius 1 is 1.04 bits per heavy atom. The van der Waals surface area contributed by atoms with Crippen LogP contribution in [0.25, 0.3) is 0 Å². The van der Waals surface area contributed by atoms with Crippen LogP contribution in [0.3, 0.4) is 0 Å². The Hall–Kier alpha value is -2.38. The van der Waals surface area contributed by atoms with E-state index in [-0.39, 0.29) is 11.6 Å². The van der Waals surface area contributed by atoms with Gasteiger partial charge in [-0.2, -0.15) is 4.31 Å². The summed E-state index contributed by atoms with van der Waals surface area (Å²) in [5.74, 6) is 0. The molecule has 150 valence electrons. The van der Waals surface area contributed by atoms with Crippen LogP contribution in [-0.4, -0.2) is 30.8 Å². The van der Waals surface area contributed by atoms with E-state index in [2.05, 4.69) is 10.6 Å². The Morgan fingerprint density at radius 3 is 2.36 bits per heavy atom. The summed E-state index contributed by atoms with van der Waals surface area (Å²) >= 11 is 0. The second-order valence-electron chi connectivity index (χ2n) is 8.21. The third-order valence-corrected chi connectivity index (χ3v) is 6.45. The standard InChI is InChI=1S/C21H27N3O3S/c1-15-5-9-19(10-6-15)28(26,27)24-12-11-16-7-8-18(13-17(16)14-24)22-20(25)23-21(2,3)4/h5-10,13H,11-12,14H2,1-4H3,(H2,22,23,25). The molecule has 0 saturated carbocycles. The number of hydrogen-bond acceptors (Lipinski definition) is 3. The van der Waals surface area contributed by atoms with Crippen LogP contribution in [0.1, 0.15) is 37.5 Å². The van der Waals surface area contributed by atoms with Gasteiger partial charge in [0.25, 0.3) is 0 Å². The van der Waals surface area contributed by atoms with Crippen LogP contribution >= 0.6 is 0 Å². The SMILES string of the molecule is Cc1ccc(S(=O)(=O)N2CCc3ccc(NC(=O)NC(C)(C)C)cc3C2)cc1. The zero-order valence-electron chi connectivity index (χ0n) is 16.7. The Bertz CT molecular complexity index is 977. The van der Waals surface area contributed by atoms with Gasteiger partial charge in [0.15, 0.2) is 0 Å². The molecule has 1 aliphatic rings. The highest BCUT2D eigenvalue weighted by atomic mass is 32.2. The van der Waals surface area contributed by atoms with E-state index in [1.165, 1.54) is 4.31 Å². The number of amides is 2. The van der Waals surface area contributed by atoms with E-state index in [9.17, 15) is 13.2 Å². The van der Waals surface area contributed by atoms with Gasteiger partial charge in [0.1, 0.15) is 0 Å².